The molecule has 0 aromatic heterocycles. The van der Waals surface area contributed by atoms with Crippen LogP contribution in [0.1, 0.15) is 28.4 Å². The van der Waals surface area contributed by atoms with Crippen molar-refractivity contribution in [3.63, 3.8) is 0 Å². The Morgan fingerprint density at radius 1 is 1.19 bits per heavy atom. The Kier molecular flexibility index (Phi) is 4.63. The minimum absolute atomic E-state index is 0.0125. The summed E-state index contributed by atoms with van der Waals surface area (Å²) >= 11 is 0. The van der Waals surface area contributed by atoms with Gasteiger partial charge in [-0.2, -0.15) is 0 Å². The van der Waals surface area contributed by atoms with Crippen LogP contribution in [0.2, 0.25) is 0 Å². The van der Waals surface area contributed by atoms with E-state index in [1.165, 1.54) is 11.1 Å². The van der Waals surface area contributed by atoms with Gasteiger partial charge in [0.1, 0.15) is 5.75 Å². The normalized spacial score (nSPS) is 10.3. The Balaban J connectivity index is 2.35. The van der Waals surface area contributed by atoms with Gasteiger partial charge in [0.2, 0.25) is 0 Å². The van der Waals surface area contributed by atoms with Crippen molar-refractivity contribution in [3.8, 4) is 5.75 Å². The first-order valence-corrected chi connectivity index (χ1v) is 6.97. The number of ketones is 1. The zero-order valence-electron chi connectivity index (χ0n) is 13.0. The number of carbonyl (C=O) groups is 1. The number of nitrogens with zero attached hydrogens (tertiary/aromatic N) is 1. The maximum absolute atomic E-state index is 12.0. The zero-order chi connectivity index (χ0) is 15.4. The Morgan fingerprint density at radius 3 is 2.52 bits per heavy atom. The molecule has 0 heterocycles. The molecule has 0 radical (unpaired) electrons. The van der Waals surface area contributed by atoms with Crippen molar-refractivity contribution in [3.05, 3.63) is 59.2 Å². The number of hydrogen-bond acceptors (Lipinski definition) is 3. The first-order valence-electron chi connectivity index (χ1n) is 6.97. The van der Waals surface area contributed by atoms with E-state index in [4.69, 9.17) is 4.74 Å². The molecule has 3 heteroatoms. The molecule has 0 atom stereocenters. The number of carbonyl (C=O) groups excluding carboxylic acids is 1. The van der Waals surface area contributed by atoms with Crippen molar-refractivity contribution < 1.29 is 9.53 Å². The fourth-order valence-electron chi connectivity index (χ4n) is 2.53. The summed E-state index contributed by atoms with van der Waals surface area (Å²) in [4.78, 5) is 14.0. The lowest BCUT2D eigenvalue weighted by Gasteiger charge is -2.23. The molecule has 2 aromatic carbocycles. The van der Waals surface area contributed by atoms with Crippen LogP contribution in [0.25, 0.3) is 0 Å². The predicted octanol–water partition coefficient (Wildman–Crippen LogP) is 3.84. The van der Waals surface area contributed by atoms with Gasteiger partial charge in [0.05, 0.1) is 18.4 Å². The van der Waals surface area contributed by atoms with Crippen molar-refractivity contribution in [2.45, 2.75) is 20.4 Å². The van der Waals surface area contributed by atoms with Crippen LogP contribution in [0.3, 0.4) is 0 Å². The molecule has 0 fully saturated rings. The molecule has 110 valence electrons. The first kappa shape index (κ1) is 15.1. The van der Waals surface area contributed by atoms with E-state index in [-0.39, 0.29) is 5.78 Å². The van der Waals surface area contributed by atoms with E-state index in [0.29, 0.717) is 11.3 Å². The molecule has 0 saturated carbocycles. The van der Waals surface area contributed by atoms with Gasteiger partial charge in [-0.3, -0.25) is 4.79 Å². The first-order chi connectivity index (χ1) is 10.0. The molecule has 0 N–H and O–H groups in total. The highest BCUT2D eigenvalue weighted by molar-refractivity contribution is 6.02. The van der Waals surface area contributed by atoms with Crippen molar-refractivity contribution in [1.82, 2.24) is 0 Å². The second-order valence-electron chi connectivity index (χ2n) is 5.26. The third kappa shape index (κ3) is 3.43. The van der Waals surface area contributed by atoms with Gasteiger partial charge in [-0.25, -0.2) is 0 Å². The molecule has 2 aromatic rings. The number of ether oxygens (including phenoxy) is 1. The van der Waals surface area contributed by atoms with E-state index in [1.807, 2.05) is 25.2 Å². The lowest BCUT2D eigenvalue weighted by atomic mass is 10.1. The monoisotopic (exact) mass is 283 g/mol. The summed E-state index contributed by atoms with van der Waals surface area (Å²) in [5.41, 5.74) is 3.98. The molecular formula is C18H21NO2. The van der Waals surface area contributed by atoms with Gasteiger partial charge in [-0.15, -0.1) is 0 Å². The summed E-state index contributed by atoms with van der Waals surface area (Å²) in [5.74, 6) is 0.634. The van der Waals surface area contributed by atoms with Gasteiger partial charge in [0.15, 0.2) is 5.78 Å². The number of Topliss-reactive ketones (excluding diaryl/α,β-unsaturated/α-hetero) is 1. The second-order valence-corrected chi connectivity index (χ2v) is 5.26. The largest absolute Gasteiger partial charge is 0.496 e. The van der Waals surface area contributed by atoms with Gasteiger partial charge in [0.25, 0.3) is 0 Å². The Bertz CT molecular complexity index is 649. The number of anilines is 1. The molecular weight excluding hydrogens is 262 g/mol. The summed E-state index contributed by atoms with van der Waals surface area (Å²) in [6, 6.07) is 14.1. The molecule has 0 aliphatic carbocycles. The third-order valence-electron chi connectivity index (χ3n) is 3.49. The molecule has 0 saturated heterocycles. The second kappa shape index (κ2) is 6.44. The van der Waals surface area contributed by atoms with E-state index in [9.17, 15) is 4.79 Å². The van der Waals surface area contributed by atoms with Gasteiger partial charge in [-0.1, -0.05) is 35.9 Å². The summed E-state index contributed by atoms with van der Waals surface area (Å²) in [5, 5.41) is 0. The van der Waals surface area contributed by atoms with Crippen LogP contribution in [0.15, 0.2) is 42.5 Å². The summed E-state index contributed by atoms with van der Waals surface area (Å²) in [7, 11) is 3.58. The van der Waals surface area contributed by atoms with Gasteiger partial charge < -0.3 is 9.64 Å². The fraction of sp³-hybridized carbons (Fsp3) is 0.278. The SMILES string of the molecule is COc1cccc(N(C)Cc2cccc(C)c2)c1C(C)=O. The lowest BCUT2D eigenvalue weighted by Crippen LogP contribution is -2.19. The smallest absolute Gasteiger partial charge is 0.165 e. The minimum Gasteiger partial charge on any atom is -0.496 e. The Morgan fingerprint density at radius 2 is 1.90 bits per heavy atom. The number of rotatable bonds is 5. The van der Waals surface area contributed by atoms with E-state index in [0.717, 1.165) is 12.2 Å². The number of methoxy groups -OCH3 is 1. The molecule has 0 amide bonds. The van der Waals surface area contributed by atoms with Crippen molar-refractivity contribution in [2.24, 2.45) is 0 Å². The Hall–Kier alpha value is -2.29. The molecule has 0 bridgehead atoms. The highest BCUT2D eigenvalue weighted by Crippen LogP contribution is 2.30. The quantitative estimate of drug-likeness (QED) is 0.781. The van der Waals surface area contributed by atoms with E-state index < -0.39 is 0 Å². The van der Waals surface area contributed by atoms with Crippen LogP contribution in [-0.2, 0) is 6.54 Å². The predicted molar refractivity (Wildman–Crippen MR) is 86.3 cm³/mol. The molecule has 2 rings (SSSR count). The molecule has 3 nitrogen and oxygen atoms in total. The van der Waals surface area contributed by atoms with E-state index in [2.05, 4.69) is 36.1 Å². The van der Waals surface area contributed by atoms with Crippen molar-refractivity contribution in [2.75, 3.05) is 19.1 Å². The number of aryl methyl sites for hydroxylation is 1. The molecule has 0 unspecified atom stereocenters. The molecule has 0 spiro atoms. The maximum Gasteiger partial charge on any atom is 0.165 e. The van der Waals surface area contributed by atoms with Crippen LogP contribution >= 0.6 is 0 Å². The average molecular weight is 283 g/mol. The van der Waals surface area contributed by atoms with E-state index >= 15 is 0 Å². The van der Waals surface area contributed by atoms with Crippen LogP contribution in [-0.4, -0.2) is 19.9 Å². The van der Waals surface area contributed by atoms with E-state index in [1.54, 1.807) is 14.0 Å². The van der Waals surface area contributed by atoms with Gasteiger partial charge in [-0.05, 0) is 31.5 Å². The van der Waals surface area contributed by atoms with Crippen LogP contribution in [0.4, 0.5) is 5.69 Å². The molecule has 0 aliphatic rings. The maximum atomic E-state index is 12.0. The van der Waals surface area contributed by atoms with Gasteiger partial charge in [0, 0.05) is 13.6 Å². The number of benzene rings is 2. The average Bonchev–Trinajstić information content (AvgIpc) is 2.46. The van der Waals surface area contributed by atoms with Crippen LogP contribution in [0.5, 0.6) is 5.75 Å². The standard InChI is InChI=1S/C18H21NO2/c1-13-7-5-8-15(11-13)12-19(3)16-9-6-10-17(21-4)18(16)14(2)20/h5-11H,12H2,1-4H3. The van der Waals surface area contributed by atoms with Gasteiger partial charge >= 0.3 is 0 Å². The summed E-state index contributed by atoms with van der Waals surface area (Å²) in [6.07, 6.45) is 0. The minimum atomic E-state index is 0.0125. The van der Waals surface area contributed by atoms with Crippen molar-refractivity contribution in [1.29, 1.82) is 0 Å². The summed E-state index contributed by atoms with van der Waals surface area (Å²) < 4.78 is 5.32. The highest BCUT2D eigenvalue weighted by Gasteiger charge is 2.16. The third-order valence-corrected chi connectivity index (χ3v) is 3.49. The van der Waals surface area contributed by atoms with Crippen LogP contribution < -0.4 is 9.64 Å². The topological polar surface area (TPSA) is 29.5 Å². The van der Waals surface area contributed by atoms with Crippen LogP contribution in [0, 0.1) is 6.92 Å². The molecule has 0 aliphatic heterocycles. The molecule has 21 heavy (non-hydrogen) atoms. The summed E-state index contributed by atoms with van der Waals surface area (Å²) in [6.45, 7) is 4.40. The number of hydrogen-bond donors (Lipinski definition) is 0. The Labute approximate surface area is 126 Å². The highest BCUT2D eigenvalue weighted by atomic mass is 16.5. The zero-order valence-corrected chi connectivity index (χ0v) is 13.0. The fourth-order valence-corrected chi connectivity index (χ4v) is 2.53. The van der Waals surface area contributed by atoms with Crippen molar-refractivity contribution >= 4 is 11.5 Å². The lowest BCUT2D eigenvalue weighted by molar-refractivity contribution is 0.101.